The Morgan fingerprint density at radius 1 is 1.00 bits per heavy atom. The van der Waals surface area contributed by atoms with Gasteiger partial charge >= 0.3 is 7.12 Å². The second-order valence-corrected chi connectivity index (χ2v) is 7.46. The molecule has 1 atom stereocenters. The molecule has 1 heterocycles. The van der Waals surface area contributed by atoms with Gasteiger partial charge in [-0.1, -0.05) is 44.0 Å². The first kappa shape index (κ1) is 15.1. The van der Waals surface area contributed by atoms with Gasteiger partial charge in [-0.3, -0.25) is 0 Å². The fourth-order valence-electron chi connectivity index (χ4n) is 3.41. The Kier molecular flexibility index (Phi) is 4.15. The summed E-state index contributed by atoms with van der Waals surface area (Å²) in [5.74, 6) is 1.65. The molecule has 0 bridgehead atoms. The van der Waals surface area contributed by atoms with E-state index in [1.54, 1.807) is 0 Å². The maximum absolute atomic E-state index is 6.02. The predicted octanol–water partition coefficient (Wildman–Crippen LogP) is 3.89. The zero-order valence-electron chi connectivity index (χ0n) is 13.8. The Morgan fingerprint density at radius 3 is 2.14 bits per heavy atom. The molecule has 1 aliphatic carbocycles. The normalized spacial score (nSPS) is 32.4. The van der Waals surface area contributed by atoms with E-state index >= 15 is 0 Å². The average Bonchev–Trinajstić information content (AvgIpc) is 2.74. The molecule has 0 amide bonds. The van der Waals surface area contributed by atoms with Gasteiger partial charge < -0.3 is 9.31 Å². The van der Waals surface area contributed by atoms with Crippen molar-refractivity contribution in [3.05, 3.63) is 29.8 Å². The highest BCUT2D eigenvalue weighted by molar-refractivity contribution is 6.61. The molecule has 1 saturated heterocycles. The molecule has 1 aromatic rings. The summed E-state index contributed by atoms with van der Waals surface area (Å²) in [7, 11) is -0.213. The van der Waals surface area contributed by atoms with Crippen molar-refractivity contribution in [1.29, 1.82) is 0 Å². The first-order valence-electron chi connectivity index (χ1n) is 8.39. The van der Waals surface area contributed by atoms with Crippen molar-refractivity contribution >= 4 is 12.6 Å². The van der Waals surface area contributed by atoms with Crippen LogP contribution in [0.4, 0.5) is 0 Å². The Bertz CT molecular complexity index is 474. The number of benzene rings is 1. The highest BCUT2D eigenvalue weighted by atomic mass is 16.7. The van der Waals surface area contributed by atoms with E-state index in [9.17, 15) is 0 Å². The van der Waals surface area contributed by atoms with E-state index in [1.807, 2.05) is 0 Å². The van der Waals surface area contributed by atoms with Crippen LogP contribution in [0, 0.1) is 5.92 Å². The molecule has 0 aromatic heterocycles. The van der Waals surface area contributed by atoms with Gasteiger partial charge in [0.25, 0.3) is 0 Å². The quantitative estimate of drug-likeness (QED) is 0.768. The monoisotopic (exact) mass is 286 g/mol. The molecule has 2 nitrogen and oxygen atoms in total. The first-order valence-corrected chi connectivity index (χ1v) is 8.39. The number of hydrogen-bond acceptors (Lipinski definition) is 2. The molecule has 1 aromatic carbocycles. The van der Waals surface area contributed by atoms with E-state index in [2.05, 4.69) is 52.0 Å². The maximum atomic E-state index is 6.02. The third-order valence-electron chi connectivity index (χ3n) is 5.41. The minimum Gasteiger partial charge on any atom is -0.402 e. The van der Waals surface area contributed by atoms with Crippen LogP contribution in [0.5, 0.6) is 0 Å². The summed E-state index contributed by atoms with van der Waals surface area (Å²) in [6.07, 6.45) is 5.53. The summed E-state index contributed by atoms with van der Waals surface area (Å²) < 4.78 is 12.0. The molecule has 0 radical (unpaired) electrons. The van der Waals surface area contributed by atoms with Crippen LogP contribution in [-0.2, 0) is 9.31 Å². The van der Waals surface area contributed by atoms with Gasteiger partial charge in [0.1, 0.15) is 0 Å². The molecular weight excluding hydrogens is 259 g/mol. The lowest BCUT2D eigenvalue weighted by molar-refractivity contribution is 0.0842. The van der Waals surface area contributed by atoms with Gasteiger partial charge in [0.05, 0.1) is 11.7 Å². The second kappa shape index (κ2) is 5.77. The molecule has 114 valence electrons. The summed E-state index contributed by atoms with van der Waals surface area (Å²) in [6.45, 7) is 8.64. The van der Waals surface area contributed by atoms with Crippen molar-refractivity contribution < 1.29 is 9.31 Å². The molecule has 2 fully saturated rings. The standard InChI is InChI=1S/C18H27BO2/c1-13-5-7-15(8-6-13)16-9-11-17(12-10-16)19-20-14(2)18(3,4)21-19/h9-15H,5-8H2,1-4H3. The Hall–Kier alpha value is -0.795. The fraction of sp³-hybridized carbons (Fsp3) is 0.667. The minimum atomic E-state index is -0.213. The van der Waals surface area contributed by atoms with E-state index in [0.29, 0.717) is 0 Å². The van der Waals surface area contributed by atoms with Crippen molar-refractivity contribution in [1.82, 2.24) is 0 Å². The number of hydrogen-bond donors (Lipinski definition) is 0. The van der Waals surface area contributed by atoms with Crippen LogP contribution in [0.2, 0.25) is 0 Å². The zero-order valence-corrected chi connectivity index (χ0v) is 13.8. The first-order chi connectivity index (χ1) is 9.95. The molecule has 0 N–H and O–H groups in total. The van der Waals surface area contributed by atoms with Gasteiger partial charge in [-0.15, -0.1) is 0 Å². The van der Waals surface area contributed by atoms with Crippen LogP contribution in [0.1, 0.15) is 64.9 Å². The molecular formula is C18H27BO2. The molecule has 2 aliphatic rings. The highest BCUT2D eigenvalue weighted by Crippen LogP contribution is 2.35. The van der Waals surface area contributed by atoms with E-state index in [4.69, 9.17) is 9.31 Å². The Morgan fingerprint density at radius 2 is 1.62 bits per heavy atom. The Labute approximate surface area is 129 Å². The maximum Gasteiger partial charge on any atom is 0.494 e. The van der Waals surface area contributed by atoms with E-state index in [-0.39, 0.29) is 18.8 Å². The topological polar surface area (TPSA) is 18.5 Å². The van der Waals surface area contributed by atoms with Crippen molar-refractivity contribution in [3.8, 4) is 0 Å². The fourth-order valence-corrected chi connectivity index (χ4v) is 3.41. The zero-order chi connectivity index (χ0) is 15.0. The van der Waals surface area contributed by atoms with Crippen molar-refractivity contribution in [2.75, 3.05) is 0 Å². The lowest BCUT2D eigenvalue weighted by Gasteiger charge is -2.26. The Balaban J connectivity index is 1.67. The van der Waals surface area contributed by atoms with Crippen LogP contribution < -0.4 is 5.46 Å². The van der Waals surface area contributed by atoms with Gasteiger partial charge in [-0.05, 0) is 56.5 Å². The second-order valence-electron chi connectivity index (χ2n) is 7.46. The average molecular weight is 286 g/mol. The van der Waals surface area contributed by atoms with Gasteiger partial charge in [-0.25, -0.2) is 0 Å². The van der Waals surface area contributed by atoms with Crippen molar-refractivity contribution in [2.24, 2.45) is 5.92 Å². The van der Waals surface area contributed by atoms with Gasteiger partial charge in [0, 0.05) is 0 Å². The smallest absolute Gasteiger partial charge is 0.402 e. The summed E-state index contributed by atoms with van der Waals surface area (Å²) in [4.78, 5) is 0. The largest absolute Gasteiger partial charge is 0.494 e. The molecule has 21 heavy (non-hydrogen) atoms. The molecule has 1 saturated carbocycles. The van der Waals surface area contributed by atoms with Crippen LogP contribution in [0.3, 0.4) is 0 Å². The van der Waals surface area contributed by atoms with Gasteiger partial charge in [-0.2, -0.15) is 0 Å². The third-order valence-corrected chi connectivity index (χ3v) is 5.41. The van der Waals surface area contributed by atoms with Gasteiger partial charge in [0.15, 0.2) is 0 Å². The van der Waals surface area contributed by atoms with Crippen molar-refractivity contribution in [2.45, 2.75) is 71.0 Å². The lowest BCUT2D eigenvalue weighted by Crippen LogP contribution is -2.34. The molecule has 1 aliphatic heterocycles. The molecule has 1 unspecified atom stereocenters. The van der Waals surface area contributed by atoms with Crippen LogP contribution in [0.15, 0.2) is 24.3 Å². The molecule has 3 heteroatoms. The summed E-state index contributed by atoms with van der Waals surface area (Å²) >= 11 is 0. The summed E-state index contributed by atoms with van der Waals surface area (Å²) in [5, 5.41) is 0. The third kappa shape index (κ3) is 3.19. The number of rotatable bonds is 2. The highest BCUT2D eigenvalue weighted by Gasteiger charge is 2.43. The minimum absolute atomic E-state index is 0.127. The van der Waals surface area contributed by atoms with Crippen molar-refractivity contribution in [3.63, 3.8) is 0 Å². The van der Waals surface area contributed by atoms with E-state index in [0.717, 1.165) is 17.3 Å². The lowest BCUT2D eigenvalue weighted by atomic mass is 9.76. The van der Waals surface area contributed by atoms with Crippen LogP contribution >= 0.6 is 0 Å². The summed E-state index contributed by atoms with van der Waals surface area (Å²) in [5.41, 5.74) is 2.42. The SMILES string of the molecule is CC1CCC(c2ccc(B3OC(C)C(C)(C)O3)cc2)CC1. The summed E-state index contributed by atoms with van der Waals surface area (Å²) in [6, 6.07) is 8.93. The van der Waals surface area contributed by atoms with Gasteiger partial charge in [0.2, 0.25) is 0 Å². The predicted molar refractivity (Wildman–Crippen MR) is 87.9 cm³/mol. The molecule has 0 spiro atoms. The van der Waals surface area contributed by atoms with E-state index in [1.165, 1.54) is 31.2 Å². The van der Waals surface area contributed by atoms with E-state index < -0.39 is 0 Å². The van der Waals surface area contributed by atoms with Crippen LogP contribution in [0.25, 0.3) is 0 Å². The molecule has 3 rings (SSSR count). The van der Waals surface area contributed by atoms with Crippen LogP contribution in [-0.4, -0.2) is 18.8 Å².